The van der Waals surface area contributed by atoms with Gasteiger partial charge in [0.1, 0.15) is 0 Å². The third kappa shape index (κ3) is 2.01. The molecule has 1 aromatic rings. The van der Waals surface area contributed by atoms with Gasteiger partial charge in [0.15, 0.2) is 9.84 Å². The molecule has 1 aromatic heterocycles. The minimum atomic E-state index is -2.86. The fraction of sp³-hybridized carbons (Fsp3) is 0.667. The van der Waals surface area contributed by atoms with E-state index < -0.39 is 9.84 Å². The molecule has 1 fully saturated rings. The molecule has 13 heavy (non-hydrogen) atoms. The zero-order chi connectivity index (χ0) is 9.47. The van der Waals surface area contributed by atoms with Crippen LogP contribution >= 0.6 is 22.6 Å². The first-order valence-corrected chi connectivity index (χ1v) is 6.66. The van der Waals surface area contributed by atoms with Crippen molar-refractivity contribution in [1.29, 1.82) is 0 Å². The molecule has 0 amide bonds. The van der Waals surface area contributed by atoms with Gasteiger partial charge in [-0.2, -0.15) is 4.98 Å². The molecule has 7 heteroatoms. The predicted octanol–water partition coefficient (Wildman–Crippen LogP) is 0.576. The van der Waals surface area contributed by atoms with Gasteiger partial charge in [-0.15, -0.1) is 0 Å². The van der Waals surface area contributed by atoms with Crippen LogP contribution in [0.2, 0.25) is 0 Å². The quantitative estimate of drug-likeness (QED) is 0.709. The van der Waals surface area contributed by atoms with Gasteiger partial charge < -0.3 is 4.52 Å². The summed E-state index contributed by atoms with van der Waals surface area (Å²) in [6, 6.07) is 0. The Labute approximate surface area is 89.0 Å². The number of hydrogen-bond donors (Lipinski definition) is 0. The highest BCUT2D eigenvalue weighted by Crippen LogP contribution is 2.27. The van der Waals surface area contributed by atoms with Crippen LogP contribution in [-0.4, -0.2) is 30.1 Å². The van der Waals surface area contributed by atoms with Crippen molar-refractivity contribution in [3.63, 3.8) is 0 Å². The van der Waals surface area contributed by atoms with Crippen molar-refractivity contribution in [3.05, 3.63) is 9.72 Å². The smallest absolute Gasteiger partial charge is 0.232 e. The third-order valence-electron chi connectivity index (χ3n) is 2.00. The topological polar surface area (TPSA) is 73.1 Å². The van der Waals surface area contributed by atoms with Gasteiger partial charge in [-0.05, 0) is 6.42 Å². The van der Waals surface area contributed by atoms with Crippen molar-refractivity contribution in [3.8, 4) is 0 Å². The lowest BCUT2D eigenvalue weighted by molar-refractivity contribution is 0.357. The Morgan fingerprint density at radius 1 is 1.54 bits per heavy atom. The second-order valence-corrected chi connectivity index (χ2v) is 6.20. The van der Waals surface area contributed by atoms with E-state index in [1.54, 1.807) is 0 Å². The second kappa shape index (κ2) is 3.19. The van der Waals surface area contributed by atoms with E-state index in [9.17, 15) is 8.42 Å². The Balaban J connectivity index is 2.21. The molecular formula is C6H7IN2O3S. The molecule has 1 saturated heterocycles. The Kier molecular flexibility index (Phi) is 2.30. The van der Waals surface area contributed by atoms with Crippen LogP contribution in [0.3, 0.4) is 0 Å². The third-order valence-corrected chi connectivity index (χ3v) is 4.20. The van der Waals surface area contributed by atoms with Gasteiger partial charge in [0, 0.05) is 22.6 Å². The zero-order valence-corrected chi connectivity index (χ0v) is 9.58. The van der Waals surface area contributed by atoms with Gasteiger partial charge in [-0.1, -0.05) is 5.16 Å². The number of aromatic nitrogens is 2. The molecular weight excluding hydrogens is 307 g/mol. The second-order valence-electron chi connectivity index (χ2n) is 3.00. The summed E-state index contributed by atoms with van der Waals surface area (Å²) in [7, 11) is -2.86. The van der Waals surface area contributed by atoms with Crippen LogP contribution in [0.4, 0.5) is 0 Å². The number of hydrogen-bond acceptors (Lipinski definition) is 5. The molecule has 0 aromatic carbocycles. The van der Waals surface area contributed by atoms with E-state index >= 15 is 0 Å². The summed E-state index contributed by atoms with van der Waals surface area (Å²) in [5.41, 5.74) is 0. The standard InChI is InChI=1S/C6H7IN2O3S/c7-6-8-5(12-9-6)4-1-2-13(10,11)3-4/h4H,1-3H2. The van der Waals surface area contributed by atoms with Gasteiger partial charge in [-0.3, -0.25) is 0 Å². The Morgan fingerprint density at radius 2 is 2.31 bits per heavy atom. The molecule has 1 unspecified atom stereocenters. The number of halogens is 1. The van der Waals surface area contributed by atoms with Crippen LogP contribution in [0.1, 0.15) is 18.2 Å². The number of sulfone groups is 1. The van der Waals surface area contributed by atoms with Gasteiger partial charge in [0.25, 0.3) is 0 Å². The zero-order valence-electron chi connectivity index (χ0n) is 6.60. The first-order valence-electron chi connectivity index (χ1n) is 3.76. The predicted molar refractivity (Wildman–Crippen MR) is 53.0 cm³/mol. The minimum absolute atomic E-state index is 0.0963. The summed E-state index contributed by atoms with van der Waals surface area (Å²) in [5, 5.41) is 3.61. The molecule has 0 bridgehead atoms. The molecule has 1 atom stereocenters. The van der Waals surface area contributed by atoms with Crippen LogP contribution in [0.25, 0.3) is 0 Å². The average molecular weight is 314 g/mol. The maximum absolute atomic E-state index is 11.1. The summed E-state index contributed by atoms with van der Waals surface area (Å²) in [5.74, 6) is 0.730. The lowest BCUT2D eigenvalue weighted by atomic mass is 10.1. The summed E-state index contributed by atoms with van der Waals surface area (Å²) >= 11 is 1.93. The van der Waals surface area contributed by atoms with Gasteiger partial charge in [0.05, 0.1) is 17.4 Å². The molecule has 0 spiro atoms. The number of nitrogens with zero attached hydrogens (tertiary/aromatic N) is 2. The monoisotopic (exact) mass is 314 g/mol. The molecule has 2 heterocycles. The van der Waals surface area contributed by atoms with E-state index in [1.165, 1.54) is 0 Å². The summed E-state index contributed by atoms with van der Waals surface area (Å²) < 4.78 is 27.7. The lowest BCUT2D eigenvalue weighted by Crippen LogP contribution is -2.03. The molecule has 5 nitrogen and oxygen atoms in total. The maximum atomic E-state index is 11.1. The fourth-order valence-electron chi connectivity index (χ4n) is 1.37. The van der Waals surface area contributed by atoms with Crippen molar-refractivity contribution in [2.24, 2.45) is 0 Å². The first kappa shape index (κ1) is 9.38. The molecule has 2 rings (SSSR count). The maximum Gasteiger partial charge on any atom is 0.232 e. The van der Waals surface area contributed by atoms with Crippen molar-refractivity contribution in [2.45, 2.75) is 12.3 Å². The van der Waals surface area contributed by atoms with Crippen LogP contribution in [0.15, 0.2) is 4.52 Å². The average Bonchev–Trinajstić information content (AvgIpc) is 2.56. The van der Waals surface area contributed by atoms with Crippen molar-refractivity contribution < 1.29 is 12.9 Å². The fourth-order valence-corrected chi connectivity index (χ4v) is 3.44. The van der Waals surface area contributed by atoms with Crippen molar-refractivity contribution in [1.82, 2.24) is 10.1 Å². The van der Waals surface area contributed by atoms with E-state index in [4.69, 9.17) is 4.52 Å². The van der Waals surface area contributed by atoms with Gasteiger partial charge in [0.2, 0.25) is 9.72 Å². The Morgan fingerprint density at radius 3 is 2.77 bits per heavy atom. The summed E-state index contributed by atoms with van der Waals surface area (Å²) in [6.45, 7) is 0. The van der Waals surface area contributed by atoms with E-state index in [-0.39, 0.29) is 17.4 Å². The van der Waals surface area contributed by atoms with E-state index in [1.807, 2.05) is 22.6 Å². The van der Waals surface area contributed by atoms with E-state index in [0.29, 0.717) is 16.1 Å². The van der Waals surface area contributed by atoms with E-state index in [0.717, 1.165) is 0 Å². The Hall–Kier alpha value is -0.180. The van der Waals surface area contributed by atoms with Crippen molar-refractivity contribution >= 4 is 32.4 Å². The van der Waals surface area contributed by atoms with Gasteiger partial charge >= 0.3 is 0 Å². The summed E-state index contributed by atoms with van der Waals surface area (Å²) in [4.78, 5) is 4.00. The van der Waals surface area contributed by atoms with Crippen LogP contribution < -0.4 is 0 Å². The van der Waals surface area contributed by atoms with Crippen LogP contribution in [0, 0.1) is 3.83 Å². The number of rotatable bonds is 1. The minimum Gasteiger partial charge on any atom is -0.338 e. The molecule has 0 saturated carbocycles. The normalized spacial score (nSPS) is 26.4. The molecule has 72 valence electrons. The highest BCUT2D eigenvalue weighted by molar-refractivity contribution is 14.1. The molecule has 0 N–H and O–H groups in total. The van der Waals surface area contributed by atoms with Crippen LogP contribution in [0.5, 0.6) is 0 Å². The summed E-state index contributed by atoms with van der Waals surface area (Å²) in [6.07, 6.45) is 0.598. The molecule has 0 aliphatic carbocycles. The van der Waals surface area contributed by atoms with Crippen molar-refractivity contribution in [2.75, 3.05) is 11.5 Å². The molecule has 1 aliphatic rings. The van der Waals surface area contributed by atoms with Gasteiger partial charge in [-0.25, -0.2) is 8.42 Å². The molecule has 0 radical (unpaired) electrons. The largest absolute Gasteiger partial charge is 0.338 e. The van der Waals surface area contributed by atoms with E-state index in [2.05, 4.69) is 10.1 Å². The highest BCUT2D eigenvalue weighted by Gasteiger charge is 2.32. The SMILES string of the molecule is O=S1(=O)CCC(c2nc(I)no2)C1. The first-order chi connectivity index (χ1) is 6.07. The highest BCUT2D eigenvalue weighted by atomic mass is 127. The lowest BCUT2D eigenvalue weighted by Gasteiger charge is -1.97. The molecule has 1 aliphatic heterocycles. The van der Waals surface area contributed by atoms with Crippen LogP contribution in [-0.2, 0) is 9.84 Å². The Bertz CT molecular complexity index is 413.